The van der Waals surface area contributed by atoms with Crippen LogP contribution in [-0.4, -0.2) is 25.2 Å². The molecule has 0 saturated heterocycles. The molecular formula is C28H52O4. The zero-order valence-corrected chi connectivity index (χ0v) is 21.7. The van der Waals surface area contributed by atoms with Crippen molar-refractivity contribution in [2.75, 3.05) is 13.2 Å². The summed E-state index contributed by atoms with van der Waals surface area (Å²) >= 11 is 0. The average molecular weight is 453 g/mol. The van der Waals surface area contributed by atoms with E-state index in [-0.39, 0.29) is 0 Å². The molecule has 0 aromatic heterocycles. The van der Waals surface area contributed by atoms with Gasteiger partial charge in [0.05, 0.1) is 13.2 Å². The second-order valence-electron chi connectivity index (χ2n) is 9.31. The van der Waals surface area contributed by atoms with Gasteiger partial charge >= 0.3 is 11.9 Å². The molecule has 4 nitrogen and oxygen atoms in total. The number of rotatable bonds is 22. The van der Waals surface area contributed by atoms with Gasteiger partial charge in [0.1, 0.15) is 0 Å². The largest absolute Gasteiger partial charge is 0.462 e. The number of hydrogen-bond acceptors (Lipinski definition) is 4. The summed E-state index contributed by atoms with van der Waals surface area (Å²) in [5, 5.41) is 0. The van der Waals surface area contributed by atoms with Crippen LogP contribution in [0.5, 0.6) is 0 Å². The molecule has 0 aromatic carbocycles. The Hall–Kier alpha value is -1.32. The van der Waals surface area contributed by atoms with E-state index in [1.807, 2.05) is 0 Å². The van der Waals surface area contributed by atoms with Gasteiger partial charge in [-0.25, -0.2) is 9.59 Å². The Balaban J connectivity index is 4.31. The maximum atomic E-state index is 12.1. The van der Waals surface area contributed by atoms with Crippen LogP contribution in [0.1, 0.15) is 130 Å². The summed E-state index contributed by atoms with van der Waals surface area (Å²) in [4.78, 5) is 24.1. The molecule has 188 valence electrons. The minimum atomic E-state index is -0.445. The third-order valence-corrected chi connectivity index (χ3v) is 6.14. The standard InChI is InChI=1S/C28H52O4/c1-5-9-13-15-19-25(17-11-7-3)23-31-27(29)21-22-28(30)32-24-26(18-12-8-4)20-16-14-10-6-2/h21-22,25-26H,5-20,23-24H2,1-4H3/b22-21-. The molecule has 0 aliphatic carbocycles. The Morgan fingerprint density at radius 1 is 0.531 bits per heavy atom. The van der Waals surface area contributed by atoms with Gasteiger partial charge in [-0.1, -0.05) is 105 Å². The predicted octanol–water partition coefficient (Wildman–Crippen LogP) is 8.18. The van der Waals surface area contributed by atoms with Crippen molar-refractivity contribution in [3.63, 3.8) is 0 Å². The number of esters is 2. The zero-order chi connectivity index (χ0) is 23.9. The molecule has 0 heterocycles. The van der Waals surface area contributed by atoms with Crippen molar-refractivity contribution < 1.29 is 19.1 Å². The van der Waals surface area contributed by atoms with Crippen molar-refractivity contribution in [2.24, 2.45) is 11.8 Å². The molecular weight excluding hydrogens is 400 g/mol. The topological polar surface area (TPSA) is 52.6 Å². The first kappa shape index (κ1) is 30.7. The lowest BCUT2D eigenvalue weighted by Crippen LogP contribution is -2.15. The van der Waals surface area contributed by atoms with E-state index < -0.39 is 11.9 Å². The molecule has 0 aliphatic rings. The highest BCUT2D eigenvalue weighted by Gasteiger charge is 2.13. The summed E-state index contributed by atoms with van der Waals surface area (Å²) in [6, 6.07) is 0. The summed E-state index contributed by atoms with van der Waals surface area (Å²) in [6.45, 7) is 9.70. The van der Waals surface area contributed by atoms with Gasteiger partial charge in [0, 0.05) is 12.2 Å². The van der Waals surface area contributed by atoms with Gasteiger partial charge in [0.2, 0.25) is 0 Å². The van der Waals surface area contributed by atoms with Crippen LogP contribution in [0.4, 0.5) is 0 Å². The fourth-order valence-electron chi connectivity index (χ4n) is 3.96. The summed E-state index contributed by atoms with van der Waals surface area (Å²) < 4.78 is 10.9. The Kier molecular flexibility index (Phi) is 21.9. The Morgan fingerprint density at radius 2 is 0.875 bits per heavy atom. The third kappa shape index (κ3) is 19.4. The van der Waals surface area contributed by atoms with E-state index in [0.29, 0.717) is 25.0 Å². The van der Waals surface area contributed by atoms with Crippen LogP contribution >= 0.6 is 0 Å². The molecule has 32 heavy (non-hydrogen) atoms. The van der Waals surface area contributed by atoms with Crippen LogP contribution in [-0.2, 0) is 19.1 Å². The van der Waals surface area contributed by atoms with E-state index in [9.17, 15) is 9.59 Å². The Morgan fingerprint density at radius 3 is 1.22 bits per heavy atom. The summed E-state index contributed by atoms with van der Waals surface area (Å²) in [7, 11) is 0. The molecule has 0 fully saturated rings. The van der Waals surface area contributed by atoms with Crippen LogP contribution in [0, 0.1) is 11.8 Å². The van der Waals surface area contributed by atoms with Crippen molar-refractivity contribution in [2.45, 2.75) is 130 Å². The second kappa shape index (κ2) is 22.9. The number of carbonyl (C=O) groups excluding carboxylic acids is 2. The third-order valence-electron chi connectivity index (χ3n) is 6.14. The summed E-state index contributed by atoms with van der Waals surface area (Å²) in [5.41, 5.74) is 0. The van der Waals surface area contributed by atoms with Crippen LogP contribution in [0.3, 0.4) is 0 Å². The smallest absolute Gasteiger partial charge is 0.331 e. The van der Waals surface area contributed by atoms with E-state index in [4.69, 9.17) is 9.47 Å². The lowest BCUT2D eigenvalue weighted by molar-refractivity contribution is -0.142. The number of carbonyl (C=O) groups is 2. The van der Waals surface area contributed by atoms with E-state index in [2.05, 4.69) is 27.7 Å². The lowest BCUT2D eigenvalue weighted by atomic mass is 9.96. The first-order valence-corrected chi connectivity index (χ1v) is 13.6. The first-order chi connectivity index (χ1) is 15.6. The van der Waals surface area contributed by atoms with Gasteiger partial charge in [0.15, 0.2) is 0 Å². The monoisotopic (exact) mass is 452 g/mol. The molecule has 0 aromatic rings. The minimum Gasteiger partial charge on any atom is -0.462 e. The van der Waals surface area contributed by atoms with Gasteiger partial charge in [0.25, 0.3) is 0 Å². The van der Waals surface area contributed by atoms with E-state index in [1.54, 1.807) is 0 Å². The van der Waals surface area contributed by atoms with Crippen molar-refractivity contribution in [3.05, 3.63) is 12.2 Å². The molecule has 2 atom stereocenters. The molecule has 0 bridgehead atoms. The van der Waals surface area contributed by atoms with Gasteiger partial charge < -0.3 is 9.47 Å². The summed E-state index contributed by atoms with van der Waals surface area (Å²) in [6.07, 6.45) is 21.4. The van der Waals surface area contributed by atoms with Crippen LogP contribution in [0.25, 0.3) is 0 Å². The number of hydrogen-bond donors (Lipinski definition) is 0. The molecule has 0 aliphatic heterocycles. The molecule has 0 amide bonds. The fraction of sp³-hybridized carbons (Fsp3) is 0.857. The molecule has 0 radical (unpaired) electrons. The van der Waals surface area contributed by atoms with Gasteiger partial charge in [-0.3, -0.25) is 0 Å². The maximum absolute atomic E-state index is 12.1. The molecule has 0 rings (SSSR count). The van der Waals surface area contributed by atoms with Crippen LogP contribution < -0.4 is 0 Å². The maximum Gasteiger partial charge on any atom is 0.331 e. The SMILES string of the molecule is CCCCCCC(CCCC)COC(=O)/C=C\C(=O)OCC(CCCC)CCCCCC. The van der Waals surface area contributed by atoms with Crippen molar-refractivity contribution in [3.8, 4) is 0 Å². The van der Waals surface area contributed by atoms with Gasteiger partial charge in [-0.05, 0) is 37.5 Å². The van der Waals surface area contributed by atoms with Crippen molar-refractivity contribution >= 4 is 11.9 Å². The molecule has 0 saturated carbocycles. The molecule has 0 N–H and O–H groups in total. The van der Waals surface area contributed by atoms with Gasteiger partial charge in [-0.15, -0.1) is 0 Å². The van der Waals surface area contributed by atoms with Crippen molar-refractivity contribution in [1.82, 2.24) is 0 Å². The number of ether oxygens (including phenoxy) is 2. The van der Waals surface area contributed by atoms with Crippen LogP contribution in [0.15, 0.2) is 12.2 Å². The normalized spacial score (nSPS) is 13.2. The first-order valence-electron chi connectivity index (χ1n) is 13.6. The highest BCUT2D eigenvalue weighted by atomic mass is 16.5. The van der Waals surface area contributed by atoms with E-state index in [0.717, 1.165) is 51.4 Å². The van der Waals surface area contributed by atoms with Gasteiger partial charge in [-0.2, -0.15) is 0 Å². The quantitative estimate of drug-likeness (QED) is 0.0943. The van der Waals surface area contributed by atoms with E-state index in [1.165, 1.54) is 63.5 Å². The van der Waals surface area contributed by atoms with Crippen LogP contribution in [0.2, 0.25) is 0 Å². The van der Waals surface area contributed by atoms with E-state index >= 15 is 0 Å². The average Bonchev–Trinajstić information content (AvgIpc) is 2.80. The Bertz CT molecular complexity index is 430. The molecule has 4 heteroatoms. The fourth-order valence-corrected chi connectivity index (χ4v) is 3.96. The van der Waals surface area contributed by atoms with Crippen molar-refractivity contribution in [1.29, 1.82) is 0 Å². The molecule has 0 spiro atoms. The number of unbranched alkanes of at least 4 members (excludes halogenated alkanes) is 8. The zero-order valence-electron chi connectivity index (χ0n) is 21.7. The second-order valence-corrected chi connectivity index (χ2v) is 9.31. The Labute approximate surface area is 198 Å². The lowest BCUT2D eigenvalue weighted by Gasteiger charge is -2.16. The summed E-state index contributed by atoms with van der Waals surface area (Å²) in [5.74, 6) is -0.0514. The predicted molar refractivity (Wildman–Crippen MR) is 135 cm³/mol. The molecule has 2 unspecified atom stereocenters. The minimum absolute atomic E-state index is 0.420. The highest BCUT2D eigenvalue weighted by molar-refractivity contribution is 5.91. The highest BCUT2D eigenvalue weighted by Crippen LogP contribution is 2.19.